The van der Waals surface area contributed by atoms with Crippen molar-refractivity contribution in [2.75, 3.05) is 14.2 Å². The highest BCUT2D eigenvalue weighted by Gasteiger charge is 2.39. The summed E-state index contributed by atoms with van der Waals surface area (Å²) in [6.07, 6.45) is 1.41. The number of fused-ring (bicyclic) bond motifs is 1. The molecule has 1 heterocycles. The van der Waals surface area contributed by atoms with Crippen molar-refractivity contribution in [1.82, 2.24) is 0 Å². The van der Waals surface area contributed by atoms with Crippen LogP contribution < -0.4 is 9.47 Å². The second-order valence-electron chi connectivity index (χ2n) is 6.01. The van der Waals surface area contributed by atoms with E-state index in [0.717, 1.165) is 10.8 Å². The van der Waals surface area contributed by atoms with Gasteiger partial charge < -0.3 is 18.9 Å². The number of esters is 2. The smallest absolute Gasteiger partial charge is 0.348 e. The minimum atomic E-state index is -1.27. The zero-order valence-corrected chi connectivity index (χ0v) is 14.4. The molecule has 0 atom stereocenters. The molecule has 0 radical (unpaired) electrons. The molecule has 1 aliphatic rings. The highest BCUT2D eigenvalue weighted by Crippen LogP contribution is 2.34. The molecule has 0 N–H and O–H groups in total. The highest BCUT2D eigenvalue weighted by atomic mass is 16.7. The van der Waals surface area contributed by atoms with E-state index in [4.69, 9.17) is 18.9 Å². The maximum absolute atomic E-state index is 12.1. The van der Waals surface area contributed by atoms with Crippen LogP contribution in [0.1, 0.15) is 19.4 Å². The van der Waals surface area contributed by atoms with E-state index < -0.39 is 17.7 Å². The number of cyclic esters (lactones) is 2. The van der Waals surface area contributed by atoms with Crippen molar-refractivity contribution < 1.29 is 28.5 Å². The second-order valence-corrected chi connectivity index (χ2v) is 6.01. The van der Waals surface area contributed by atoms with E-state index in [1.807, 2.05) is 24.3 Å². The van der Waals surface area contributed by atoms with Crippen molar-refractivity contribution in [3.63, 3.8) is 0 Å². The minimum Gasteiger partial charge on any atom is -0.496 e. The maximum atomic E-state index is 12.1. The summed E-state index contributed by atoms with van der Waals surface area (Å²) in [5.41, 5.74) is 0.381. The summed E-state index contributed by atoms with van der Waals surface area (Å²) < 4.78 is 21.0. The molecule has 0 unspecified atom stereocenters. The van der Waals surface area contributed by atoms with Gasteiger partial charge in [-0.15, -0.1) is 0 Å². The van der Waals surface area contributed by atoms with E-state index in [1.165, 1.54) is 27.0 Å². The van der Waals surface area contributed by atoms with Gasteiger partial charge in [0.25, 0.3) is 5.79 Å². The van der Waals surface area contributed by atoms with Gasteiger partial charge >= 0.3 is 11.9 Å². The molecule has 2 aromatic carbocycles. The third kappa shape index (κ3) is 3.15. The Hall–Kier alpha value is -3.02. The summed E-state index contributed by atoms with van der Waals surface area (Å²) in [7, 11) is 3.10. The van der Waals surface area contributed by atoms with Crippen LogP contribution in [0.2, 0.25) is 0 Å². The molecule has 0 saturated carbocycles. The minimum absolute atomic E-state index is 0.181. The number of rotatable bonds is 3. The molecular weight excluding hydrogens is 324 g/mol. The van der Waals surface area contributed by atoms with E-state index in [1.54, 1.807) is 13.2 Å². The molecule has 0 spiro atoms. The predicted molar refractivity (Wildman–Crippen MR) is 91.3 cm³/mol. The van der Waals surface area contributed by atoms with Gasteiger partial charge in [-0.25, -0.2) is 9.59 Å². The van der Waals surface area contributed by atoms with Gasteiger partial charge in [0.15, 0.2) is 0 Å². The number of methoxy groups -OCH3 is 2. The first-order valence-electron chi connectivity index (χ1n) is 7.68. The fourth-order valence-electron chi connectivity index (χ4n) is 2.70. The quantitative estimate of drug-likeness (QED) is 0.485. The SMILES string of the molecule is COc1cc2c(OC)cccc2cc1C=C1C(=O)OC(C)(C)OC1=O. The molecule has 2 aromatic rings. The Labute approximate surface area is 144 Å². The number of carbonyl (C=O) groups excluding carboxylic acids is 2. The van der Waals surface area contributed by atoms with E-state index in [-0.39, 0.29) is 5.57 Å². The average Bonchev–Trinajstić information content (AvgIpc) is 2.55. The third-order valence-corrected chi connectivity index (χ3v) is 3.83. The number of benzene rings is 2. The number of hydrogen-bond acceptors (Lipinski definition) is 6. The Morgan fingerprint density at radius 3 is 2.20 bits per heavy atom. The van der Waals surface area contributed by atoms with Crippen LogP contribution in [0.15, 0.2) is 35.9 Å². The second kappa shape index (κ2) is 6.12. The van der Waals surface area contributed by atoms with Crippen LogP contribution in [0.3, 0.4) is 0 Å². The summed E-state index contributed by atoms with van der Waals surface area (Å²) in [5, 5.41) is 1.74. The van der Waals surface area contributed by atoms with E-state index in [2.05, 4.69) is 0 Å². The lowest BCUT2D eigenvalue weighted by molar-refractivity contribution is -0.222. The predicted octanol–water partition coefficient (Wildman–Crippen LogP) is 3.08. The Morgan fingerprint density at radius 2 is 1.60 bits per heavy atom. The van der Waals surface area contributed by atoms with Crippen LogP contribution in [0, 0.1) is 0 Å². The van der Waals surface area contributed by atoms with Crippen molar-refractivity contribution in [2.24, 2.45) is 0 Å². The zero-order chi connectivity index (χ0) is 18.2. The largest absolute Gasteiger partial charge is 0.496 e. The molecule has 1 aliphatic heterocycles. The van der Waals surface area contributed by atoms with Crippen LogP contribution >= 0.6 is 0 Å². The van der Waals surface area contributed by atoms with Gasteiger partial charge in [-0.3, -0.25) is 0 Å². The Kier molecular flexibility index (Phi) is 4.12. The summed E-state index contributed by atoms with van der Waals surface area (Å²) >= 11 is 0. The molecule has 6 nitrogen and oxygen atoms in total. The summed E-state index contributed by atoms with van der Waals surface area (Å²) in [6.45, 7) is 3.00. The van der Waals surface area contributed by atoms with Gasteiger partial charge in [0.05, 0.1) is 14.2 Å². The Morgan fingerprint density at radius 1 is 0.960 bits per heavy atom. The molecule has 3 rings (SSSR count). The molecule has 0 aliphatic carbocycles. The maximum Gasteiger partial charge on any atom is 0.348 e. The summed E-state index contributed by atoms with van der Waals surface area (Å²) in [6, 6.07) is 9.21. The van der Waals surface area contributed by atoms with Crippen LogP contribution in [0.5, 0.6) is 11.5 Å². The first-order chi connectivity index (χ1) is 11.8. The van der Waals surface area contributed by atoms with Crippen molar-refractivity contribution in [3.05, 3.63) is 41.5 Å². The topological polar surface area (TPSA) is 71.1 Å². The lowest BCUT2D eigenvalue weighted by Gasteiger charge is -2.29. The number of carbonyl (C=O) groups is 2. The van der Waals surface area contributed by atoms with Crippen molar-refractivity contribution in [3.8, 4) is 11.5 Å². The summed E-state index contributed by atoms with van der Waals surface area (Å²) in [4.78, 5) is 24.3. The lowest BCUT2D eigenvalue weighted by atomic mass is 10.0. The molecule has 1 fully saturated rings. The van der Waals surface area contributed by atoms with Crippen LogP contribution in [-0.2, 0) is 19.1 Å². The third-order valence-electron chi connectivity index (χ3n) is 3.83. The van der Waals surface area contributed by atoms with Gasteiger partial charge in [0, 0.05) is 24.8 Å². The molecule has 0 bridgehead atoms. The molecule has 25 heavy (non-hydrogen) atoms. The summed E-state index contributed by atoms with van der Waals surface area (Å²) in [5.74, 6) is -1.53. The van der Waals surface area contributed by atoms with Gasteiger partial charge in [-0.1, -0.05) is 12.1 Å². The van der Waals surface area contributed by atoms with Gasteiger partial charge in [-0.2, -0.15) is 0 Å². The molecule has 0 aromatic heterocycles. The normalized spacial score (nSPS) is 16.2. The van der Waals surface area contributed by atoms with Crippen molar-refractivity contribution in [1.29, 1.82) is 0 Å². The first kappa shape index (κ1) is 16.8. The van der Waals surface area contributed by atoms with E-state index in [9.17, 15) is 9.59 Å². The highest BCUT2D eigenvalue weighted by molar-refractivity contribution is 6.19. The molecule has 0 amide bonds. The van der Waals surface area contributed by atoms with Gasteiger partial charge in [0.1, 0.15) is 17.1 Å². The van der Waals surface area contributed by atoms with E-state index in [0.29, 0.717) is 17.1 Å². The van der Waals surface area contributed by atoms with Crippen molar-refractivity contribution >= 4 is 28.8 Å². The first-order valence-corrected chi connectivity index (χ1v) is 7.68. The van der Waals surface area contributed by atoms with Crippen LogP contribution in [0.4, 0.5) is 0 Å². The average molecular weight is 342 g/mol. The van der Waals surface area contributed by atoms with Gasteiger partial charge in [0.2, 0.25) is 0 Å². The Bertz CT molecular complexity index is 872. The monoisotopic (exact) mass is 342 g/mol. The molecule has 1 saturated heterocycles. The number of ether oxygens (including phenoxy) is 4. The van der Waals surface area contributed by atoms with Gasteiger partial charge in [-0.05, 0) is 29.7 Å². The molecule has 130 valence electrons. The molecular formula is C19H18O6. The van der Waals surface area contributed by atoms with Crippen LogP contribution in [0.25, 0.3) is 16.8 Å². The standard InChI is InChI=1S/C19H18O6/c1-19(2)24-17(20)14(18(21)25-19)9-12-8-11-6-5-7-15(22-3)13(11)10-16(12)23-4/h5-10H,1-4H3. The lowest BCUT2D eigenvalue weighted by Crippen LogP contribution is -2.41. The fraction of sp³-hybridized carbons (Fsp3) is 0.263. The number of hydrogen-bond donors (Lipinski definition) is 0. The fourth-order valence-corrected chi connectivity index (χ4v) is 2.70. The Balaban J connectivity index is 2.12. The van der Waals surface area contributed by atoms with E-state index >= 15 is 0 Å². The molecule has 6 heteroatoms. The van der Waals surface area contributed by atoms with Crippen molar-refractivity contribution in [2.45, 2.75) is 19.6 Å². The van der Waals surface area contributed by atoms with Crippen LogP contribution in [-0.4, -0.2) is 31.9 Å². The zero-order valence-electron chi connectivity index (χ0n) is 14.4.